The number of alkyl halides is 2. The normalized spacial score (nSPS) is 10.5. The molecule has 0 aliphatic carbocycles. The average molecular weight is 417 g/mol. The lowest BCUT2D eigenvalue weighted by molar-refractivity contribution is -0.119. The largest absolute Gasteiger partial charge is 0.493 e. The average Bonchev–Trinajstić information content (AvgIpc) is 3.18. The van der Waals surface area contributed by atoms with E-state index in [2.05, 4.69) is 15.2 Å². The lowest BCUT2D eigenvalue weighted by atomic mass is 10.3. The molecule has 0 saturated heterocycles. The van der Waals surface area contributed by atoms with E-state index in [9.17, 15) is 18.4 Å². The predicted octanol–water partition coefficient (Wildman–Crippen LogP) is 3.28. The molecule has 0 bridgehead atoms. The van der Waals surface area contributed by atoms with Crippen LogP contribution in [-0.2, 0) is 9.53 Å². The highest BCUT2D eigenvalue weighted by Gasteiger charge is 2.21. The van der Waals surface area contributed by atoms with Gasteiger partial charge < -0.3 is 19.5 Å². The topological polar surface area (TPSA) is 91.7 Å². The number of para-hydroxylation sites is 3. The van der Waals surface area contributed by atoms with Crippen LogP contribution >= 0.6 is 0 Å². The fraction of sp³-hybridized carbons (Fsp3) is 0.150. The highest BCUT2D eigenvalue weighted by Crippen LogP contribution is 2.25. The molecule has 30 heavy (non-hydrogen) atoms. The summed E-state index contributed by atoms with van der Waals surface area (Å²) in [7, 11) is 1.37. The molecule has 0 fully saturated rings. The molecule has 0 aliphatic heterocycles. The summed E-state index contributed by atoms with van der Waals surface area (Å²) in [6.07, 6.45) is 1.50. The molecule has 1 heterocycles. The second-order valence-corrected chi connectivity index (χ2v) is 5.83. The van der Waals surface area contributed by atoms with Gasteiger partial charge in [0, 0.05) is 0 Å². The number of ether oxygens (including phenoxy) is 3. The Balaban J connectivity index is 1.65. The van der Waals surface area contributed by atoms with E-state index < -0.39 is 25.1 Å². The van der Waals surface area contributed by atoms with Crippen molar-refractivity contribution in [2.24, 2.45) is 0 Å². The highest BCUT2D eigenvalue weighted by atomic mass is 19.3. The zero-order chi connectivity index (χ0) is 21.5. The third kappa shape index (κ3) is 5.10. The Hall–Kier alpha value is -3.95. The van der Waals surface area contributed by atoms with E-state index >= 15 is 0 Å². The Morgan fingerprint density at radius 2 is 1.77 bits per heavy atom. The van der Waals surface area contributed by atoms with Crippen LogP contribution in [0.3, 0.4) is 0 Å². The number of hydrogen-bond donors (Lipinski definition) is 1. The number of rotatable bonds is 8. The number of esters is 1. The maximum Gasteiger partial charge on any atom is 0.387 e. The molecule has 8 nitrogen and oxygen atoms in total. The van der Waals surface area contributed by atoms with Crippen molar-refractivity contribution < 1.29 is 32.6 Å². The van der Waals surface area contributed by atoms with Crippen LogP contribution < -0.4 is 14.8 Å². The first-order chi connectivity index (χ1) is 14.5. The zero-order valence-corrected chi connectivity index (χ0v) is 15.7. The van der Waals surface area contributed by atoms with E-state index in [1.165, 1.54) is 42.3 Å². The molecular formula is C20H17F2N3O5. The first-order valence-corrected chi connectivity index (χ1v) is 8.68. The van der Waals surface area contributed by atoms with Crippen molar-refractivity contribution in [2.75, 3.05) is 19.0 Å². The van der Waals surface area contributed by atoms with Crippen LogP contribution in [0.15, 0.2) is 60.8 Å². The minimum absolute atomic E-state index is 0.0183. The van der Waals surface area contributed by atoms with Crippen molar-refractivity contribution in [3.05, 3.63) is 66.5 Å². The van der Waals surface area contributed by atoms with Gasteiger partial charge in [-0.05, 0) is 24.3 Å². The Labute approximate surface area is 170 Å². The number of halogens is 2. The molecule has 0 spiro atoms. The van der Waals surface area contributed by atoms with Gasteiger partial charge in [0.1, 0.15) is 5.75 Å². The van der Waals surface area contributed by atoms with Crippen molar-refractivity contribution in [2.45, 2.75) is 6.61 Å². The predicted molar refractivity (Wildman–Crippen MR) is 102 cm³/mol. The molecule has 1 N–H and O–H groups in total. The number of nitrogens with one attached hydrogen (secondary N) is 1. The van der Waals surface area contributed by atoms with Crippen LogP contribution in [0.4, 0.5) is 14.5 Å². The van der Waals surface area contributed by atoms with Crippen LogP contribution in [0.25, 0.3) is 5.69 Å². The molecule has 3 rings (SSSR count). The summed E-state index contributed by atoms with van der Waals surface area (Å²) >= 11 is 0. The first-order valence-electron chi connectivity index (χ1n) is 8.68. The summed E-state index contributed by atoms with van der Waals surface area (Å²) in [6, 6.07) is 14.7. The van der Waals surface area contributed by atoms with Crippen LogP contribution in [0.5, 0.6) is 11.5 Å². The molecule has 0 atom stereocenters. The van der Waals surface area contributed by atoms with E-state index in [0.29, 0.717) is 5.69 Å². The van der Waals surface area contributed by atoms with Gasteiger partial charge in [0.25, 0.3) is 5.91 Å². The molecule has 1 amide bonds. The molecule has 156 valence electrons. The number of benzene rings is 2. The Kier molecular flexibility index (Phi) is 6.58. The molecule has 0 saturated carbocycles. The van der Waals surface area contributed by atoms with Crippen LogP contribution in [0.1, 0.15) is 10.5 Å². The number of carbonyl (C=O) groups excluding carboxylic acids is 2. The first kappa shape index (κ1) is 20.8. The minimum atomic E-state index is -3.05. The molecule has 3 aromatic rings. The van der Waals surface area contributed by atoms with Crippen molar-refractivity contribution >= 4 is 17.6 Å². The van der Waals surface area contributed by atoms with Gasteiger partial charge in [-0.1, -0.05) is 30.3 Å². The number of amides is 1. The fourth-order valence-corrected chi connectivity index (χ4v) is 2.52. The number of nitrogens with zero attached hydrogens (tertiary/aromatic N) is 2. The summed E-state index contributed by atoms with van der Waals surface area (Å²) in [4.78, 5) is 24.4. The number of aromatic nitrogens is 2. The van der Waals surface area contributed by atoms with Gasteiger partial charge in [-0.15, -0.1) is 0 Å². The summed E-state index contributed by atoms with van der Waals surface area (Å²) in [6.45, 7) is -3.71. The SMILES string of the molecule is COc1cn(-c2ccccc2)nc1C(=O)OCC(=O)Nc1ccccc1OC(F)F. The maximum atomic E-state index is 12.5. The van der Waals surface area contributed by atoms with Crippen LogP contribution in [-0.4, -0.2) is 42.0 Å². The molecule has 1 aromatic heterocycles. The van der Waals surface area contributed by atoms with Crippen molar-refractivity contribution in [1.82, 2.24) is 9.78 Å². The summed E-state index contributed by atoms with van der Waals surface area (Å²) in [5, 5.41) is 6.49. The zero-order valence-electron chi connectivity index (χ0n) is 15.7. The van der Waals surface area contributed by atoms with E-state index in [4.69, 9.17) is 9.47 Å². The van der Waals surface area contributed by atoms with E-state index in [0.717, 1.165) is 0 Å². The molecule has 0 aliphatic rings. The minimum Gasteiger partial charge on any atom is -0.493 e. The second kappa shape index (κ2) is 9.50. The highest BCUT2D eigenvalue weighted by molar-refractivity contribution is 5.96. The molecule has 2 aromatic carbocycles. The summed E-state index contributed by atoms with van der Waals surface area (Å²) in [5.74, 6) is -1.67. The van der Waals surface area contributed by atoms with Crippen LogP contribution in [0.2, 0.25) is 0 Å². The van der Waals surface area contributed by atoms with E-state index in [-0.39, 0.29) is 22.9 Å². The van der Waals surface area contributed by atoms with Gasteiger partial charge >= 0.3 is 12.6 Å². The molecule has 10 heteroatoms. The molecule has 0 radical (unpaired) electrons. The lowest BCUT2D eigenvalue weighted by Gasteiger charge is -2.11. The summed E-state index contributed by atoms with van der Waals surface area (Å²) in [5.41, 5.74) is 0.601. The Morgan fingerprint density at radius 3 is 2.47 bits per heavy atom. The lowest BCUT2D eigenvalue weighted by Crippen LogP contribution is -2.22. The number of methoxy groups -OCH3 is 1. The van der Waals surface area contributed by atoms with Gasteiger partial charge in [0.2, 0.25) is 5.69 Å². The van der Waals surface area contributed by atoms with Gasteiger partial charge in [0.05, 0.1) is 24.7 Å². The van der Waals surface area contributed by atoms with E-state index in [1.54, 1.807) is 24.3 Å². The third-order valence-electron chi connectivity index (χ3n) is 3.83. The van der Waals surface area contributed by atoms with Gasteiger partial charge in [0.15, 0.2) is 12.4 Å². The quantitative estimate of drug-likeness (QED) is 0.566. The monoisotopic (exact) mass is 417 g/mol. The third-order valence-corrected chi connectivity index (χ3v) is 3.83. The summed E-state index contributed by atoms with van der Waals surface area (Å²) < 4.78 is 40.8. The Morgan fingerprint density at radius 1 is 1.07 bits per heavy atom. The smallest absolute Gasteiger partial charge is 0.387 e. The van der Waals surface area contributed by atoms with Gasteiger partial charge in [-0.25, -0.2) is 9.48 Å². The van der Waals surface area contributed by atoms with E-state index in [1.807, 2.05) is 6.07 Å². The fourth-order valence-electron chi connectivity index (χ4n) is 2.52. The second-order valence-electron chi connectivity index (χ2n) is 5.83. The molecule has 0 unspecified atom stereocenters. The van der Waals surface area contributed by atoms with Crippen LogP contribution in [0, 0.1) is 0 Å². The Bertz CT molecular complexity index is 1020. The number of hydrogen-bond acceptors (Lipinski definition) is 6. The van der Waals surface area contributed by atoms with Crippen molar-refractivity contribution in [1.29, 1.82) is 0 Å². The molecular weight excluding hydrogens is 400 g/mol. The van der Waals surface area contributed by atoms with Crippen molar-refractivity contribution in [3.63, 3.8) is 0 Å². The number of carbonyl (C=O) groups is 2. The van der Waals surface area contributed by atoms with Crippen molar-refractivity contribution in [3.8, 4) is 17.2 Å². The van der Waals surface area contributed by atoms with Gasteiger partial charge in [-0.3, -0.25) is 4.79 Å². The maximum absolute atomic E-state index is 12.5. The van der Waals surface area contributed by atoms with Gasteiger partial charge in [-0.2, -0.15) is 13.9 Å². The number of anilines is 1. The standard InChI is InChI=1S/C20H17F2N3O5/c1-28-16-11-25(13-7-3-2-4-8-13)24-18(16)19(27)29-12-17(26)23-14-9-5-6-10-15(14)30-20(21)22/h2-11,20H,12H2,1H3,(H,23,26).